The van der Waals surface area contributed by atoms with Crippen LogP contribution in [-0.2, 0) is 9.53 Å². The number of rotatable bonds is 1. The number of piperidine rings is 1. The molecule has 0 radical (unpaired) electrons. The lowest BCUT2D eigenvalue weighted by atomic mass is 9.76. The number of carboxylic acid groups (broad SMARTS) is 1. The molecule has 0 aliphatic carbocycles. The minimum Gasteiger partial charge on any atom is -0.483 e. The Morgan fingerprint density at radius 3 is 2.48 bits per heavy atom. The summed E-state index contributed by atoms with van der Waals surface area (Å²) in [6.45, 7) is 4.19. The summed E-state index contributed by atoms with van der Waals surface area (Å²) in [5.41, 5.74) is -0.919. The summed E-state index contributed by atoms with van der Waals surface area (Å²) in [6.07, 6.45) is 0.653. The summed E-state index contributed by atoms with van der Waals surface area (Å²) in [7, 11) is 0. The normalized spacial score (nSPS) is 26.8. The zero-order chi connectivity index (χ0) is 20.2. The van der Waals surface area contributed by atoms with E-state index in [1.807, 2.05) is 0 Å². The Kier molecular flexibility index (Phi) is 6.40. The van der Waals surface area contributed by atoms with E-state index in [-0.39, 0.29) is 24.4 Å². The number of aliphatic hydroxyl groups excluding tert-OH is 1. The van der Waals surface area contributed by atoms with Crippen LogP contribution >= 0.6 is 0 Å². The molecule has 150 valence electrons. The van der Waals surface area contributed by atoms with Crippen LogP contribution in [0.25, 0.3) is 0 Å². The van der Waals surface area contributed by atoms with Crippen molar-refractivity contribution in [3.05, 3.63) is 33.7 Å². The van der Waals surface area contributed by atoms with Gasteiger partial charge in [0.05, 0.1) is 17.8 Å². The number of amides is 1. The van der Waals surface area contributed by atoms with Gasteiger partial charge in [-0.15, -0.1) is 0 Å². The number of ether oxygens (including phenoxy) is 1. The van der Waals surface area contributed by atoms with Gasteiger partial charge in [0.25, 0.3) is 12.4 Å². The highest BCUT2D eigenvalue weighted by atomic mass is 16.5. The fraction of sp³-hybridized carbons (Fsp3) is 0.611. The highest BCUT2D eigenvalue weighted by molar-refractivity contribution is 5.92. The number of nitrogens with zero attached hydrogens (tertiary/aromatic N) is 1. The molecular formula is C18H26N2O7. The number of pyridine rings is 1. The van der Waals surface area contributed by atoms with Crippen molar-refractivity contribution >= 4 is 12.4 Å². The third-order valence-corrected chi connectivity index (χ3v) is 5.11. The average molecular weight is 382 g/mol. The van der Waals surface area contributed by atoms with Crippen molar-refractivity contribution in [2.24, 2.45) is 0 Å². The molecule has 0 saturated carbocycles. The first-order valence-corrected chi connectivity index (χ1v) is 8.75. The maximum Gasteiger partial charge on any atom is 0.290 e. The monoisotopic (exact) mass is 382 g/mol. The lowest BCUT2D eigenvalue weighted by Gasteiger charge is -2.49. The number of aryl methyl sites for hydroxylation is 1. The molecule has 1 spiro atoms. The number of aromatic nitrogens is 1. The fourth-order valence-corrected chi connectivity index (χ4v) is 3.66. The third-order valence-electron chi connectivity index (χ3n) is 5.11. The quantitative estimate of drug-likeness (QED) is 0.497. The number of hydrogen-bond donors (Lipinski definition) is 4. The summed E-state index contributed by atoms with van der Waals surface area (Å²) in [6, 6.07) is 2.77. The van der Waals surface area contributed by atoms with Crippen LogP contribution in [0.5, 0.6) is 0 Å². The second-order valence-electron chi connectivity index (χ2n) is 7.35. The molecule has 2 saturated heterocycles. The Balaban J connectivity index is 0.000000817. The molecule has 3 heterocycles. The van der Waals surface area contributed by atoms with E-state index in [2.05, 4.69) is 4.98 Å². The maximum atomic E-state index is 12.6. The van der Waals surface area contributed by atoms with Gasteiger partial charge in [-0.3, -0.25) is 14.4 Å². The Morgan fingerprint density at radius 1 is 1.37 bits per heavy atom. The molecule has 9 nitrogen and oxygen atoms in total. The van der Waals surface area contributed by atoms with Gasteiger partial charge >= 0.3 is 0 Å². The van der Waals surface area contributed by atoms with E-state index in [0.717, 1.165) is 0 Å². The molecule has 1 amide bonds. The van der Waals surface area contributed by atoms with Gasteiger partial charge in [0, 0.05) is 37.3 Å². The molecule has 1 aromatic heterocycles. The molecule has 2 atom stereocenters. The van der Waals surface area contributed by atoms with Crippen molar-refractivity contribution in [2.75, 3.05) is 19.7 Å². The number of H-pyrrole nitrogens is 1. The van der Waals surface area contributed by atoms with Crippen molar-refractivity contribution in [1.29, 1.82) is 0 Å². The van der Waals surface area contributed by atoms with E-state index in [1.165, 1.54) is 12.1 Å². The minimum atomic E-state index is -1.17. The zero-order valence-electron chi connectivity index (χ0n) is 15.5. The summed E-state index contributed by atoms with van der Waals surface area (Å²) in [5, 5.41) is 27.0. The third kappa shape index (κ3) is 4.94. The summed E-state index contributed by atoms with van der Waals surface area (Å²) < 4.78 is 5.82. The first-order valence-electron chi connectivity index (χ1n) is 8.75. The topological polar surface area (TPSA) is 140 Å². The lowest BCUT2D eigenvalue weighted by Crippen LogP contribution is -2.59. The first kappa shape index (κ1) is 21.1. The Labute approximate surface area is 156 Å². The van der Waals surface area contributed by atoms with Gasteiger partial charge in [-0.2, -0.15) is 0 Å². The van der Waals surface area contributed by atoms with Crippen molar-refractivity contribution < 1.29 is 29.6 Å². The molecule has 0 bridgehead atoms. The Bertz CT molecular complexity index is 735. The number of aliphatic hydroxyl groups is 2. The van der Waals surface area contributed by atoms with Crippen molar-refractivity contribution in [1.82, 2.24) is 9.88 Å². The van der Waals surface area contributed by atoms with Crippen LogP contribution in [0.1, 0.15) is 42.4 Å². The van der Waals surface area contributed by atoms with E-state index in [9.17, 15) is 19.8 Å². The number of carbonyl (C=O) groups is 2. The smallest absolute Gasteiger partial charge is 0.290 e. The molecule has 1 aromatic rings. The van der Waals surface area contributed by atoms with Crippen LogP contribution in [0.4, 0.5) is 0 Å². The molecule has 0 unspecified atom stereocenters. The minimum absolute atomic E-state index is 0.103. The highest BCUT2D eigenvalue weighted by Crippen LogP contribution is 2.39. The number of nitrogens with one attached hydrogen (secondary N) is 1. The second-order valence-corrected chi connectivity index (χ2v) is 7.35. The second kappa shape index (κ2) is 8.20. The first-order chi connectivity index (χ1) is 12.6. The maximum absolute atomic E-state index is 12.6. The van der Waals surface area contributed by atoms with Gasteiger partial charge in [0.15, 0.2) is 5.43 Å². The molecule has 2 aliphatic rings. The molecule has 2 aliphatic heterocycles. The van der Waals surface area contributed by atoms with Crippen molar-refractivity contribution in [2.45, 2.75) is 50.4 Å². The summed E-state index contributed by atoms with van der Waals surface area (Å²) in [4.78, 5) is 37.2. The SMILES string of the molecule is Cc1cc(=O)cc(C(=O)N2CCC3(CC2)C[C@](C)(O)[C@@H](O)CO3)[nH]1.O=CO. The molecule has 0 aromatic carbocycles. The number of likely N-dealkylation sites (tertiary alicyclic amines) is 1. The molecule has 3 rings (SSSR count). The van der Waals surface area contributed by atoms with E-state index >= 15 is 0 Å². The lowest BCUT2D eigenvalue weighted by molar-refractivity contribution is -0.221. The van der Waals surface area contributed by atoms with Crippen LogP contribution in [0.15, 0.2) is 16.9 Å². The average Bonchev–Trinajstić information content (AvgIpc) is 2.58. The number of aromatic amines is 1. The zero-order valence-corrected chi connectivity index (χ0v) is 15.5. The highest BCUT2D eigenvalue weighted by Gasteiger charge is 2.49. The fourth-order valence-electron chi connectivity index (χ4n) is 3.66. The number of carbonyl (C=O) groups excluding carboxylic acids is 1. The largest absolute Gasteiger partial charge is 0.483 e. The van der Waals surface area contributed by atoms with E-state index in [1.54, 1.807) is 18.7 Å². The predicted molar refractivity (Wildman–Crippen MR) is 95.6 cm³/mol. The van der Waals surface area contributed by atoms with E-state index < -0.39 is 17.3 Å². The van der Waals surface area contributed by atoms with Crippen LogP contribution in [0.2, 0.25) is 0 Å². The van der Waals surface area contributed by atoms with E-state index in [4.69, 9.17) is 14.6 Å². The molecule has 2 fully saturated rings. The van der Waals surface area contributed by atoms with Gasteiger partial charge in [0.2, 0.25) is 0 Å². The van der Waals surface area contributed by atoms with Gasteiger partial charge < -0.3 is 29.9 Å². The standard InChI is InChI=1S/C17H24N2O5.CH2O2/c1-11-7-12(20)8-13(18-11)15(22)19-5-3-17(4-6-19)10-16(2,23)14(21)9-24-17;2-1-3/h7-8,14,21,23H,3-6,9-10H2,1-2H3,(H,18,20);1H,(H,2,3)/t14-,16-;/m0./s1. The van der Waals surface area contributed by atoms with Crippen LogP contribution < -0.4 is 5.43 Å². The summed E-state index contributed by atoms with van der Waals surface area (Å²) >= 11 is 0. The van der Waals surface area contributed by atoms with Crippen LogP contribution in [-0.4, -0.2) is 74.6 Å². The van der Waals surface area contributed by atoms with Crippen LogP contribution in [0, 0.1) is 6.92 Å². The molecule has 4 N–H and O–H groups in total. The predicted octanol–water partition coefficient (Wildman–Crippen LogP) is -0.109. The Morgan fingerprint density at radius 2 is 1.96 bits per heavy atom. The van der Waals surface area contributed by atoms with Crippen molar-refractivity contribution in [3.8, 4) is 0 Å². The van der Waals surface area contributed by atoms with Crippen molar-refractivity contribution in [3.63, 3.8) is 0 Å². The van der Waals surface area contributed by atoms with E-state index in [0.29, 0.717) is 43.7 Å². The van der Waals surface area contributed by atoms with Gasteiger partial charge in [-0.25, -0.2) is 0 Å². The van der Waals surface area contributed by atoms with Gasteiger partial charge in [0.1, 0.15) is 11.8 Å². The molecule has 27 heavy (non-hydrogen) atoms. The van der Waals surface area contributed by atoms with Crippen LogP contribution in [0.3, 0.4) is 0 Å². The number of hydrogen-bond acceptors (Lipinski definition) is 6. The Hall–Kier alpha value is -2.23. The molecular weight excluding hydrogens is 356 g/mol. The summed E-state index contributed by atoms with van der Waals surface area (Å²) in [5.74, 6) is -0.201. The van der Waals surface area contributed by atoms with Gasteiger partial charge in [-0.05, 0) is 26.7 Å². The van der Waals surface area contributed by atoms with Gasteiger partial charge in [-0.1, -0.05) is 0 Å². The molecule has 9 heteroatoms.